The fraction of sp³-hybridized carbons (Fsp3) is 0.545. The number of nitrogens with zero attached hydrogens (tertiary/aromatic N) is 2. The zero-order valence-corrected chi connectivity index (χ0v) is 15.8. The first-order valence-corrected chi connectivity index (χ1v) is 9.98. The van der Waals surface area contributed by atoms with Gasteiger partial charge in [0.05, 0.1) is 0 Å². The largest absolute Gasteiger partial charge is 0.330 e. The SMILES string of the molecule is CC(C)c1nccn1Cc1cccc(NC(=O)CC2CC3CCC2C3)c1. The predicted molar refractivity (Wildman–Crippen MR) is 104 cm³/mol. The molecule has 3 atom stereocenters. The van der Waals surface area contributed by atoms with Gasteiger partial charge >= 0.3 is 0 Å². The molecule has 1 aromatic carbocycles. The van der Waals surface area contributed by atoms with Crippen molar-refractivity contribution in [3.8, 4) is 0 Å². The number of nitrogens with one attached hydrogen (secondary N) is 1. The Morgan fingerprint density at radius 1 is 1.31 bits per heavy atom. The van der Waals surface area contributed by atoms with Crippen LogP contribution in [0.25, 0.3) is 0 Å². The number of carbonyl (C=O) groups excluding carboxylic acids is 1. The molecule has 1 aromatic heterocycles. The molecule has 4 heteroatoms. The zero-order chi connectivity index (χ0) is 18.1. The Bertz CT molecular complexity index is 779. The Morgan fingerprint density at radius 2 is 2.19 bits per heavy atom. The highest BCUT2D eigenvalue weighted by molar-refractivity contribution is 5.91. The normalized spacial score (nSPS) is 24.3. The van der Waals surface area contributed by atoms with Crippen molar-refractivity contribution < 1.29 is 4.79 Å². The highest BCUT2D eigenvalue weighted by Crippen LogP contribution is 2.49. The molecule has 1 N–H and O–H groups in total. The topological polar surface area (TPSA) is 46.9 Å². The van der Waals surface area contributed by atoms with Crippen LogP contribution in [-0.2, 0) is 11.3 Å². The lowest BCUT2D eigenvalue weighted by atomic mass is 9.86. The first-order chi connectivity index (χ1) is 12.6. The van der Waals surface area contributed by atoms with Crippen LogP contribution >= 0.6 is 0 Å². The summed E-state index contributed by atoms with van der Waals surface area (Å²) >= 11 is 0. The number of aromatic nitrogens is 2. The summed E-state index contributed by atoms with van der Waals surface area (Å²) in [5.41, 5.74) is 2.09. The van der Waals surface area contributed by atoms with E-state index in [9.17, 15) is 4.79 Å². The van der Waals surface area contributed by atoms with Gasteiger partial charge in [-0.3, -0.25) is 4.79 Å². The molecule has 2 aliphatic rings. The van der Waals surface area contributed by atoms with Crippen molar-refractivity contribution >= 4 is 11.6 Å². The molecule has 2 saturated carbocycles. The van der Waals surface area contributed by atoms with Gasteiger partial charge in [0.25, 0.3) is 0 Å². The van der Waals surface area contributed by atoms with Crippen LogP contribution in [0.5, 0.6) is 0 Å². The van der Waals surface area contributed by atoms with E-state index < -0.39 is 0 Å². The molecule has 2 aromatic rings. The lowest BCUT2D eigenvalue weighted by Gasteiger charge is -2.21. The summed E-state index contributed by atoms with van der Waals surface area (Å²) in [6.07, 6.45) is 9.91. The molecule has 0 aliphatic heterocycles. The van der Waals surface area contributed by atoms with E-state index in [1.54, 1.807) is 0 Å². The average Bonchev–Trinajstić information content (AvgIpc) is 3.31. The molecular formula is C22H29N3O. The number of benzene rings is 1. The first-order valence-electron chi connectivity index (χ1n) is 9.98. The van der Waals surface area contributed by atoms with Gasteiger partial charge in [-0.2, -0.15) is 0 Å². The van der Waals surface area contributed by atoms with Crippen molar-refractivity contribution in [2.75, 3.05) is 5.32 Å². The quantitative estimate of drug-likeness (QED) is 0.811. The van der Waals surface area contributed by atoms with Crippen LogP contribution in [0.3, 0.4) is 0 Å². The number of imidazole rings is 1. The number of hydrogen-bond acceptors (Lipinski definition) is 2. The van der Waals surface area contributed by atoms with E-state index in [0.717, 1.165) is 29.9 Å². The summed E-state index contributed by atoms with van der Waals surface area (Å²) in [7, 11) is 0. The fourth-order valence-electron chi connectivity index (χ4n) is 4.98. The number of rotatable bonds is 6. The van der Waals surface area contributed by atoms with Crippen LogP contribution in [0.15, 0.2) is 36.7 Å². The summed E-state index contributed by atoms with van der Waals surface area (Å²) in [4.78, 5) is 16.9. The maximum atomic E-state index is 12.5. The number of hydrogen-bond donors (Lipinski definition) is 1. The van der Waals surface area contributed by atoms with E-state index in [1.165, 1.54) is 31.2 Å². The first kappa shape index (κ1) is 17.3. The molecule has 3 unspecified atom stereocenters. The Balaban J connectivity index is 1.38. The van der Waals surface area contributed by atoms with E-state index >= 15 is 0 Å². The van der Waals surface area contributed by atoms with Crippen LogP contribution in [0, 0.1) is 17.8 Å². The van der Waals surface area contributed by atoms with Gasteiger partial charge in [-0.1, -0.05) is 32.4 Å². The molecule has 2 aliphatic carbocycles. The monoisotopic (exact) mass is 351 g/mol. The number of fused-ring (bicyclic) bond motifs is 2. The van der Waals surface area contributed by atoms with Gasteiger partial charge in [-0.25, -0.2) is 4.98 Å². The molecule has 138 valence electrons. The van der Waals surface area contributed by atoms with Gasteiger partial charge in [0, 0.05) is 37.0 Å². The van der Waals surface area contributed by atoms with Gasteiger partial charge in [0.1, 0.15) is 5.82 Å². The highest BCUT2D eigenvalue weighted by atomic mass is 16.1. The molecule has 2 bridgehead atoms. The van der Waals surface area contributed by atoms with Crippen molar-refractivity contribution in [2.24, 2.45) is 17.8 Å². The molecule has 0 saturated heterocycles. The lowest BCUT2D eigenvalue weighted by molar-refractivity contribution is -0.117. The number of carbonyl (C=O) groups is 1. The van der Waals surface area contributed by atoms with Gasteiger partial charge in [0.2, 0.25) is 5.91 Å². The molecule has 2 fully saturated rings. The molecular weight excluding hydrogens is 322 g/mol. The fourth-order valence-corrected chi connectivity index (χ4v) is 4.98. The molecule has 0 spiro atoms. The van der Waals surface area contributed by atoms with E-state index in [-0.39, 0.29) is 5.91 Å². The lowest BCUT2D eigenvalue weighted by Crippen LogP contribution is -2.20. The third-order valence-corrected chi connectivity index (χ3v) is 6.16. The van der Waals surface area contributed by atoms with Crippen LogP contribution in [0.1, 0.15) is 63.3 Å². The third-order valence-electron chi connectivity index (χ3n) is 6.16. The summed E-state index contributed by atoms with van der Waals surface area (Å²) < 4.78 is 2.18. The Morgan fingerprint density at radius 3 is 2.92 bits per heavy atom. The van der Waals surface area contributed by atoms with Crippen LogP contribution in [-0.4, -0.2) is 15.5 Å². The molecule has 26 heavy (non-hydrogen) atoms. The number of anilines is 1. The second kappa shape index (κ2) is 7.26. The maximum Gasteiger partial charge on any atom is 0.224 e. The van der Waals surface area contributed by atoms with Crippen molar-refractivity contribution in [1.29, 1.82) is 0 Å². The Hall–Kier alpha value is -2.10. The van der Waals surface area contributed by atoms with E-state index in [4.69, 9.17) is 0 Å². The molecule has 4 nitrogen and oxygen atoms in total. The summed E-state index contributed by atoms with van der Waals surface area (Å²) in [6, 6.07) is 8.20. The van der Waals surface area contributed by atoms with E-state index in [0.29, 0.717) is 18.3 Å². The summed E-state index contributed by atoms with van der Waals surface area (Å²) in [5.74, 6) is 3.96. The minimum atomic E-state index is 0.171. The van der Waals surface area contributed by atoms with Crippen molar-refractivity contribution in [1.82, 2.24) is 9.55 Å². The van der Waals surface area contributed by atoms with Crippen LogP contribution < -0.4 is 5.32 Å². The van der Waals surface area contributed by atoms with Gasteiger partial charge in [0.15, 0.2) is 0 Å². The summed E-state index contributed by atoms with van der Waals surface area (Å²) in [5, 5.41) is 3.12. The van der Waals surface area contributed by atoms with E-state index in [2.05, 4.69) is 40.8 Å². The Labute approximate surface area is 156 Å². The minimum Gasteiger partial charge on any atom is -0.330 e. The van der Waals surface area contributed by atoms with Crippen LogP contribution in [0.2, 0.25) is 0 Å². The standard InChI is InChI=1S/C22H29N3O/c1-15(2)22-23-8-9-25(22)14-17-4-3-5-20(12-17)24-21(26)13-19-11-16-6-7-18(19)10-16/h3-5,8-9,12,15-16,18-19H,6-7,10-11,13-14H2,1-2H3,(H,24,26). The van der Waals surface area contributed by atoms with Crippen LogP contribution in [0.4, 0.5) is 5.69 Å². The van der Waals surface area contributed by atoms with Gasteiger partial charge in [-0.15, -0.1) is 0 Å². The third kappa shape index (κ3) is 3.69. The predicted octanol–water partition coefficient (Wildman–Crippen LogP) is 4.82. The van der Waals surface area contributed by atoms with Crippen molar-refractivity contribution in [3.05, 3.63) is 48.0 Å². The average molecular weight is 351 g/mol. The smallest absolute Gasteiger partial charge is 0.224 e. The van der Waals surface area contributed by atoms with Gasteiger partial charge in [-0.05, 0) is 54.7 Å². The molecule has 1 heterocycles. The second-order valence-corrected chi connectivity index (χ2v) is 8.46. The highest BCUT2D eigenvalue weighted by Gasteiger charge is 2.40. The summed E-state index contributed by atoms with van der Waals surface area (Å²) in [6.45, 7) is 5.10. The Kier molecular flexibility index (Phi) is 4.84. The van der Waals surface area contributed by atoms with Gasteiger partial charge < -0.3 is 9.88 Å². The second-order valence-electron chi connectivity index (χ2n) is 8.46. The van der Waals surface area contributed by atoms with Crippen molar-refractivity contribution in [2.45, 2.75) is 58.4 Å². The minimum absolute atomic E-state index is 0.171. The molecule has 4 rings (SSSR count). The molecule has 1 amide bonds. The number of amides is 1. The zero-order valence-electron chi connectivity index (χ0n) is 15.8. The maximum absolute atomic E-state index is 12.5. The van der Waals surface area contributed by atoms with Crippen molar-refractivity contribution in [3.63, 3.8) is 0 Å². The van der Waals surface area contributed by atoms with E-state index in [1.807, 2.05) is 24.5 Å². The molecule has 0 radical (unpaired) electrons.